The molecule has 1 aromatic heterocycles. The molecule has 0 fully saturated rings. The first kappa shape index (κ1) is 15.0. The quantitative estimate of drug-likeness (QED) is 0.835. The van der Waals surface area contributed by atoms with Gasteiger partial charge >= 0.3 is 5.97 Å². The fraction of sp³-hybridized carbons (Fsp3) is 0.214. The number of anilines is 1. The van der Waals surface area contributed by atoms with Crippen LogP contribution in [-0.4, -0.2) is 13.1 Å². The highest BCUT2D eigenvalue weighted by molar-refractivity contribution is 9.10. The topological polar surface area (TPSA) is 52.3 Å². The third-order valence-corrected chi connectivity index (χ3v) is 4.63. The molecule has 0 bridgehead atoms. The summed E-state index contributed by atoms with van der Waals surface area (Å²) in [6, 6.07) is 4.61. The minimum atomic E-state index is -0.469. The number of ether oxygens (including phenoxy) is 1. The second-order valence-electron chi connectivity index (χ2n) is 4.16. The normalized spacial score (nSPS) is 10.6. The van der Waals surface area contributed by atoms with Crippen molar-refractivity contribution in [3.05, 3.63) is 38.9 Å². The molecular formula is C14H13BrFNO2S. The molecule has 0 unspecified atom stereocenters. The Morgan fingerprint density at radius 3 is 2.70 bits per heavy atom. The van der Waals surface area contributed by atoms with Gasteiger partial charge in [0.05, 0.1) is 12.8 Å². The zero-order valence-corrected chi connectivity index (χ0v) is 13.4. The van der Waals surface area contributed by atoms with Gasteiger partial charge in [-0.1, -0.05) is 22.9 Å². The maximum Gasteiger partial charge on any atom is 0.350 e. The molecule has 2 aromatic rings. The van der Waals surface area contributed by atoms with Crippen LogP contribution in [0.15, 0.2) is 22.7 Å². The number of carbonyl (C=O) groups is 1. The van der Waals surface area contributed by atoms with E-state index in [4.69, 9.17) is 10.5 Å². The van der Waals surface area contributed by atoms with Gasteiger partial charge in [0.2, 0.25) is 0 Å². The van der Waals surface area contributed by atoms with Crippen LogP contribution in [-0.2, 0) is 11.2 Å². The van der Waals surface area contributed by atoms with E-state index in [9.17, 15) is 9.18 Å². The molecule has 0 amide bonds. The second-order valence-corrected chi connectivity index (χ2v) is 6.09. The van der Waals surface area contributed by atoms with E-state index in [2.05, 4.69) is 15.9 Å². The highest BCUT2D eigenvalue weighted by Gasteiger charge is 2.21. The van der Waals surface area contributed by atoms with Gasteiger partial charge in [-0.15, -0.1) is 11.3 Å². The number of thiophene rings is 1. The number of methoxy groups -OCH3 is 1. The second kappa shape index (κ2) is 5.93. The largest absolute Gasteiger partial charge is 0.465 e. The van der Waals surface area contributed by atoms with Crippen molar-refractivity contribution in [3.63, 3.8) is 0 Å². The fourth-order valence-electron chi connectivity index (χ4n) is 1.99. The lowest BCUT2D eigenvalue weighted by Gasteiger charge is -2.04. The number of hydrogen-bond donors (Lipinski definition) is 1. The number of nitrogen functional groups attached to an aromatic ring is 1. The predicted molar refractivity (Wildman–Crippen MR) is 82.5 cm³/mol. The first-order valence-corrected chi connectivity index (χ1v) is 7.54. The maximum absolute atomic E-state index is 13.5. The maximum atomic E-state index is 13.5. The van der Waals surface area contributed by atoms with E-state index in [1.54, 1.807) is 6.07 Å². The average molecular weight is 358 g/mol. The van der Waals surface area contributed by atoms with E-state index in [1.807, 2.05) is 6.92 Å². The van der Waals surface area contributed by atoms with Gasteiger partial charge < -0.3 is 10.5 Å². The van der Waals surface area contributed by atoms with Crippen LogP contribution < -0.4 is 5.73 Å². The Morgan fingerprint density at radius 1 is 1.45 bits per heavy atom. The number of hydrogen-bond acceptors (Lipinski definition) is 4. The summed E-state index contributed by atoms with van der Waals surface area (Å²) in [6.45, 7) is 1.94. The van der Waals surface area contributed by atoms with E-state index < -0.39 is 5.97 Å². The summed E-state index contributed by atoms with van der Waals surface area (Å²) >= 11 is 4.49. The molecule has 0 saturated carbocycles. The molecule has 0 aliphatic carbocycles. The third kappa shape index (κ3) is 2.71. The van der Waals surface area contributed by atoms with Crippen molar-refractivity contribution in [1.29, 1.82) is 0 Å². The number of nitrogens with two attached hydrogens (primary N) is 1. The molecule has 2 N–H and O–H groups in total. The Balaban J connectivity index is 2.64. The van der Waals surface area contributed by atoms with Gasteiger partial charge in [-0.25, -0.2) is 9.18 Å². The zero-order valence-electron chi connectivity index (χ0n) is 11.0. The monoisotopic (exact) mass is 357 g/mol. The average Bonchev–Trinajstić information content (AvgIpc) is 2.73. The first-order valence-electron chi connectivity index (χ1n) is 5.93. The van der Waals surface area contributed by atoms with Crippen molar-refractivity contribution in [2.24, 2.45) is 0 Å². The van der Waals surface area contributed by atoms with Crippen LogP contribution in [0.1, 0.15) is 22.2 Å². The van der Waals surface area contributed by atoms with E-state index in [0.717, 1.165) is 10.4 Å². The molecule has 0 radical (unpaired) electrons. The minimum absolute atomic E-state index is 0.344. The Morgan fingerprint density at radius 2 is 2.15 bits per heavy atom. The molecule has 3 nitrogen and oxygen atoms in total. The predicted octanol–water partition coefficient (Wildman–Crippen LogP) is 4.25. The summed E-state index contributed by atoms with van der Waals surface area (Å²) in [4.78, 5) is 12.9. The molecule has 2 rings (SSSR count). The number of halogens is 2. The van der Waals surface area contributed by atoms with Crippen LogP contribution in [0.2, 0.25) is 0 Å². The lowest BCUT2D eigenvalue weighted by Crippen LogP contribution is -2.02. The van der Waals surface area contributed by atoms with Crippen molar-refractivity contribution >= 4 is 38.9 Å². The molecule has 6 heteroatoms. The number of esters is 1. The molecule has 1 heterocycles. The minimum Gasteiger partial charge on any atom is -0.465 e. The third-order valence-electron chi connectivity index (χ3n) is 2.90. The van der Waals surface area contributed by atoms with Gasteiger partial charge in [-0.2, -0.15) is 0 Å². The lowest BCUT2D eigenvalue weighted by molar-refractivity contribution is 0.0607. The highest BCUT2D eigenvalue weighted by atomic mass is 79.9. The van der Waals surface area contributed by atoms with E-state index >= 15 is 0 Å². The highest BCUT2D eigenvalue weighted by Crippen LogP contribution is 2.40. The molecule has 106 valence electrons. The number of benzene rings is 1. The number of rotatable bonds is 3. The van der Waals surface area contributed by atoms with Gasteiger partial charge in [0, 0.05) is 9.35 Å². The van der Waals surface area contributed by atoms with Crippen LogP contribution in [0.4, 0.5) is 10.1 Å². The molecule has 0 atom stereocenters. The summed E-state index contributed by atoms with van der Waals surface area (Å²) in [7, 11) is 1.31. The molecule has 1 aromatic carbocycles. The van der Waals surface area contributed by atoms with E-state index in [1.165, 1.54) is 30.6 Å². The number of carbonyl (C=O) groups excluding carboxylic acids is 1. The van der Waals surface area contributed by atoms with Crippen molar-refractivity contribution < 1.29 is 13.9 Å². The summed E-state index contributed by atoms with van der Waals surface area (Å²) < 4.78 is 18.9. The van der Waals surface area contributed by atoms with Crippen LogP contribution in [0.25, 0.3) is 10.4 Å². The van der Waals surface area contributed by atoms with Gasteiger partial charge in [0.1, 0.15) is 10.7 Å². The fourth-order valence-corrected chi connectivity index (χ4v) is 3.67. The van der Waals surface area contributed by atoms with Crippen molar-refractivity contribution in [2.75, 3.05) is 12.8 Å². The van der Waals surface area contributed by atoms with Crippen LogP contribution in [0.5, 0.6) is 0 Å². The standard InChI is InChI=1S/C14H13BrFNO2S/c1-3-10-11(17)13(14(18)19-2)20-12(10)7-4-8(15)6-9(16)5-7/h4-6H,3,17H2,1-2H3. The Bertz CT molecular complexity index is 649. The molecule has 20 heavy (non-hydrogen) atoms. The smallest absolute Gasteiger partial charge is 0.350 e. The molecule has 0 saturated heterocycles. The molecule has 0 aliphatic rings. The summed E-state index contributed by atoms with van der Waals surface area (Å²) in [6.07, 6.45) is 0.656. The summed E-state index contributed by atoms with van der Waals surface area (Å²) in [5.41, 5.74) is 7.96. The first-order chi connectivity index (χ1) is 9.47. The summed E-state index contributed by atoms with van der Waals surface area (Å²) in [5, 5.41) is 0. The van der Waals surface area contributed by atoms with Crippen molar-refractivity contribution in [3.8, 4) is 10.4 Å². The van der Waals surface area contributed by atoms with Gasteiger partial charge in [-0.05, 0) is 35.7 Å². The van der Waals surface area contributed by atoms with Gasteiger partial charge in [0.25, 0.3) is 0 Å². The molecule has 0 spiro atoms. The lowest BCUT2D eigenvalue weighted by atomic mass is 10.1. The van der Waals surface area contributed by atoms with Gasteiger partial charge in [0.15, 0.2) is 0 Å². The van der Waals surface area contributed by atoms with E-state index in [0.29, 0.717) is 27.0 Å². The molecular weight excluding hydrogens is 345 g/mol. The Kier molecular flexibility index (Phi) is 4.45. The Hall–Kier alpha value is -1.40. The van der Waals surface area contributed by atoms with Crippen molar-refractivity contribution in [1.82, 2.24) is 0 Å². The van der Waals surface area contributed by atoms with Crippen LogP contribution in [0, 0.1) is 5.82 Å². The zero-order chi connectivity index (χ0) is 14.9. The van der Waals surface area contributed by atoms with E-state index in [-0.39, 0.29) is 5.82 Å². The van der Waals surface area contributed by atoms with Gasteiger partial charge in [-0.3, -0.25) is 0 Å². The van der Waals surface area contributed by atoms with Crippen LogP contribution >= 0.6 is 27.3 Å². The SMILES string of the molecule is CCc1c(-c2cc(F)cc(Br)c2)sc(C(=O)OC)c1N. The molecule has 0 aliphatic heterocycles. The Labute approximate surface area is 128 Å². The van der Waals surface area contributed by atoms with Crippen molar-refractivity contribution in [2.45, 2.75) is 13.3 Å². The van der Waals surface area contributed by atoms with Crippen LogP contribution in [0.3, 0.4) is 0 Å². The summed E-state index contributed by atoms with van der Waals surface area (Å²) in [5.74, 6) is -0.813.